The summed E-state index contributed by atoms with van der Waals surface area (Å²) >= 11 is 5.99. The first-order chi connectivity index (χ1) is 7.33. The maximum atomic E-state index is 5.99. The molecule has 0 amide bonds. The van der Waals surface area contributed by atoms with Crippen molar-refractivity contribution >= 4 is 11.6 Å². The monoisotopic (exact) mass is 224 g/mol. The van der Waals surface area contributed by atoms with Gasteiger partial charge in [0.2, 0.25) is 0 Å². The average Bonchev–Trinajstić information content (AvgIpc) is 2.93. The zero-order chi connectivity index (χ0) is 10.3. The number of halogens is 1. The van der Waals surface area contributed by atoms with E-state index in [1.54, 1.807) is 0 Å². The number of hydrogen-bond acceptors (Lipinski definition) is 3. The van der Waals surface area contributed by atoms with Gasteiger partial charge in [0.05, 0.1) is 0 Å². The van der Waals surface area contributed by atoms with Gasteiger partial charge in [-0.3, -0.25) is 0 Å². The fourth-order valence-electron chi connectivity index (χ4n) is 1.97. The molecule has 2 fully saturated rings. The number of ether oxygens (including phenoxy) is 1. The van der Waals surface area contributed by atoms with Gasteiger partial charge < -0.3 is 4.74 Å². The molecule has 15 heavy (non-hydrogen) atoms. The Kier molecular flexibility index (Phi) is 2.37. The fraction of sp³-hybridized carbons (Fsp3) is 0.636. The van der Waals surface area contributed by atoms with Crippen molar-refractivity contribution in [3.05, 3.63) is 22.7 Å². The molecule has 1 atom stereocenters. The molecule has 1 aromatic rings. The minimum Gasteiger partial charge on any atom is -0.370 e. The molecular formula is C11H13ClN2O. The van der Waals surface area contributed by atoms with Crippen molar-refractivity contribution in [3.63, 3.8) is 0 Å². The minimum atomic E-state index is 0.0706. The third-order valence-electron chi connectivity index (χ3n) is 2.95. The predicted molar refractivity (Wildman–Crippen MR) is 56.9 cm³/mol. The number of rotatable bonds is 2. The van der Waals surface area contributed by atoms with Crippen LogP contribution < -0.4 is 0 Å². The van der Waals surface area contributed by atoms with Crippen molar-refractivity contribution < 1.29 is 4.74 Å². The van der Waals surface area contributed by atoms with Crippen LogP contribution in [0.3, 0.4) is 0 Å². The molecule has 3 rings (SSSR count). The molecule has 80 valence electrons. The van der Waals surface area contributed by atoms with Crippen LogP contribution >= 0.6 is 11.6 Å². The van der Waals surface area contributed by atoms with Gasteiger partial charge >= 0.3 is 0 Å². The molecule has 1 aromatic heterocycles. The Bertz CT molecular complexity index is 373. The second-order valence-electron chi connectivity index (χ2n) is 4.25. The summed E-state index contributed by atoms with van der Waals surface area (Å²) in [7, 11) is 0. The molecule has 4 heteroatoms. The number of aromatic nitrogens is 2. The van der Waals surface area contributed by atoms with E-state index in [1.165, 1.54) is 12.8 Å². The van der Waals surface area contributed by atoms with Crippen LogP contribution in [0.25, 0.3) is 0 Å². The summed E-state index contributed by atoms with van der Waals surface area (Å²) in [5.41, 5.74) is 1.10. The van der Waals surface area contributed by atoms with E-state index in [-0.39, 0.29) is 6.10 Å². The SMILES string of the molecule is Clc1cc(C2CC2)nc(C2CCCO2)n1. The molecule has 3 nitrogen and oxygen atoms in total. The average molecular weight is 225 g/mol. The summed E-state index contributed by atoms with van der Waals surface area (Å²) < 4.78 is 5.57. The van der Waals surface area contributed by atoms with E-state index < -0.39 is 0 Å². The second kappa shape index (κ2) is 3.72. The lowest BCUT2D eigenvalue weighted by molar-refractivity contribution is 0.105. The van der Waals surface area contributed by atoms with Gasteiger partial charge in [0.1, 0.15) is 11.3 Å². The molecule has 0 radical (unpaired) electrons. The van der Waals surface area contributed by atoms with Crippen molar-refractivity contribution in [2.24, 2.45) is 0 Å². The van der Waals surface area contributed by atoms with Gasteiger partial charge in [0.15, 0.2) is 5.82 Å². The highest BCUT2D eigenvalue weighted by Gasteiger charge is 2.28. The maximum absolute atomic E-state index is 5.99. The third kappa shape index (κ3) is 1.99. The highest BCUT2D eigenvalue weighted by atomic mass is 35.5. The highest BCUT2D eigenvalue weighted by molar-refractivity contribution is 6.29. The van der Waals surface area contributed by atoms with E-state index in [0.29, 0.717) is 11.1 Å². The largest absolute Gasteiger partial charge is 0.370 e. The van der Waals surface area contributed by atoms with Crippen LogP contribution in [0, 0.1) is 0 Å². The van der Waals surface area contributed by atoms with Crippen molar-refractivity contribution in [1.82, 2.24) is 9.97 Å². The van der Waals surface area contributed by atoms with Gasteiger partial charge in [0, 0.05) is 18.2 Å². The number of hydrogen-bond donors (Lipinski definition) is 0. The molecule has 2 heterocycles. The van der Waals surface area contributed by atoms with Gasteiger partial charge in [-0.15, -0.1) is 0 Å². The molecule has 0 spiro atoms. The molecule has 1 saturated carbocycles. The van der Waals surface area contributed by atoms with Crippen LogP contribution in [-0.2, 0) is 4.74 Å². The van der Waals surface area contributed by atoms with Crippen LogP contribution in [0.5, 0.6) is 0 Å². The van der Waals surface area contributed by atoms with Crippen LogP contribution in [0.1, 0.15) is 49.2 Å². The summed E-state index contributed by atoms with van der Waals surface area (Å²) in [6.07, 6.45) is 4.65. The summed E-state index contributed by atoms with van der Waals surface area (Å²) in [5.74, 6) is 1.40. The van der Waals surface area contributed by atoms with Crippen LogP contribution in [0.15, 0.2) is 6.07 Å². The third-order valence-corrected chi connectivity index (χ3v) is 3.14. The highest BCUT2D eigenvalue weighted by Crippen LogP contribution is 2.40. The van der Waals surface area contributed by atoms with Crippen molar-refractivity contribution in [2.45, 2.75) is 37.7 Å². The van der Waals surface area contributed by atoms with Gasteiger partial charge in [-0.25, -0.2) is 9.97 Å². The van der Waals surface area contributed by atoms with Gasteiger partial charge in [-0.05, 0) is 31.7 Å². The van der Waals surface area contributed by atoms with Gasteiger partial charge in [-0.1, -0.05) is 11.6 Å². The Morgan fingerprint density at radius 3 is 2.80 bits per heavy atom. The van der Waals surface area contributed by atoms with E-state index in [2.05, 4.69) is 9.97 Å². The summed E-state index contributed by atoms with van der Waals surface area (Å²) in [6.45, 7) is 0.819. The number of nitrogens with zero attached hydrogens (tertiary/aromatic N) is 2. The molecule has 0 bridgehead atoms. The van der Waals surface area contributed by atoms with Crippen molar-refractivity contribution in [3.8, 4) is 0 Å². The van der Waals surface area contributed by atoms with E-state index in [4.69, 9.17) is 16.3 Å². The summed E-state index contributed by atoms with van der Waals surface area (Å²) in [4.78, 5) is 8.81. The van der Waals surface area contributed by atoms with E-state index in [1.807, 2.05) is 6.07 Å². The van der Waals surface area contributed by atoms with E-state index in [0.717, 1.165) is 31.0 Å². The lowest BCUT2D eigenvalue weighted by Gasteiger charge is -2.09. The topological polar surface area (TPSA) is 35.0 Å². The molecule has 1 saturated heterocycles. The first-order valence-corrected chi connectivity index (χ1v) is 5.87. The van der Waals surface area contributed by atoms with Crippen LogP contribution in [0.4, 0.5) is 0 Å². The Balaban J connectivity index is 1.91. The summed E-state index contributed by atoms with van der Waals surface area (Å²) in [6, 6.07) is 1.89. The molecule has 1 aliphatic carbocycles. The molecule has 1 aliphatic heterocycles. The predicted octanol–water partition coefficient (Wildman–Crippen LogP) is 2.86. The first-order valence-electron chi connectivity index (χ1n) is 5.49. The van der Waals surface area contributed by atoms with Gasteiger partial charge in [0.25, 0.3) is 0 Å². The molecule has 0 aromatic carbocycles. The molecule has 1 unspecified atom stereocenters. The smallest absolute Gasteiger partial charge is 0.159 e. The van der Waals surface area contributed by atoms with Crippen LogP contribution in [-0.4, -0.2) is 16.6 Å². The quantitative estimate of drug-likeness (QED) is 0.725. The van der Waals surface area contributed by atoms with E-state index in [9.17, 15) is 0 Å². The van der Waals surface area contributed by atoms with Crippen molar-refractivity contribution in [1.29, 1.82) is 0 Å². The Morgan fingerprint density at radius 2 is 2.13 bits per heavy atom. The van der Waals surface area contributed by atoms with Gasteiger partial charge in [-0.2, -0.15) is 0 Å². The normalized spacial score (nSPS) is 25.8. The molecule has 0 N–H and O–H groups in total. The van der Waals surface area contributed by atoms with E-state index >= 15 is 0 Å². The van der Waals surface area contributed by atoms with Crippen LogP contribution in [0.2, 0.25) is 5.15 Å². The Labute approximate surface area is 93.8 Å². The zero-order valence-corrected chi connectivity index (χ0v) is 9.20. The second-order valence-corrected chi connectivity index (χ2v) is 4.64. The van der Waals surface area contributed by atoms with Crippen molar-refractivity contribution in [2.75, 3.05) is 6.61 Å². The maximum Gasteiger partial charge on any atom is 0.159 e. The molecule has 2 aliphatic rings. The zero-order valence-electron chi connectivity index (χ0n) is 8.45. The lowest BCUT2D eigenvalue weighted by Crippen LogP contribution is -2.05. The Hall–Kier alpha value is -0.670. The Morgan fingerprint density at radius 1 is 1.27 bits per heavy atom. The lowest BCUT2D eigenvalue weighted by atomic mass is 10.2. The fourth-order valence-corrected chi connectivity index (χ4v) is 2.17. The molecular weight excluding hydrogens is 212 g/mol. The standard InChI is InChI=1S/C11H13ClN2O/c12-10-6-8(7-3-4-7)13-11(14-10)9-2-1-5-15-9/h6-7,9H,1-5H2. The summed E-state index contributed by atoms with van der Waals surface area (Å²) in [5, 5.41) is 0.553. The minimum absolute atomic E-state index is 0.0706. The first kappa shape index (κ1) is 9.55.